The van der Waals surface area contributed by atoms with Crippen LogP contribution in [0.5, 0.6) is 5.75 Å². The number of nitrogen functional groups attached to an aromatic ring is 1. The van der Waals surface area contributed by atoms with Gasteiger partial charge in [-0.2, -0.15) is 0 Å². The maximum absolute atomic E-state index is 11.7. The third-order valence-electron chi connectivity index (χ3n) is 2.13. The van der Waals surface area contributed by atoms with Crippen molar-refractivity contribution in [2.75, 3.05) is 25.2 Å². The predicted octanol–water partition coefficient (Wildman–Crippen LogP) is 2.57. The van der Waals surface area contributed by atoms with Gasteiger partial charge in [0.15, 0.2) is 0 Å². The quantitative estimate of drug-likeness (QED) is 0.498. The van der Waals surface area contributed by atoms with E-state index in [1.807, 2.05) is 6.92 Å². The molecule has 0 aromatic heterocycles. The summed E-state index contributed by atoms with van der Waals surface area (Å²) >= 11 is 1.58. The minimum atomic E-state index is -0.387. The summed E-state index contributed by atoms with van der Waals surface area (Å²) in [4.78, 5) is 12.6. The maximum Gasteiger partial charge on any atom is 0.341 e. The van der Waals surface area contributed by atoms with Crippen LogP contribution >= 0.6 is 11.8 Å². The molecule has 0 spiro atoms. The topological polar surface area (TPSA) is 61.5 Å². The summed E-state index contributed by atoms with van der Waals surface area (Å²) in [5.41, 5.74) is 6.90. The van der Waals surface area contributed by atoms with Gasteiger partial charge in [0.25, 0.3) is 0 Å². The Balaban J connectivity index is 3.16. The van der Waals surface area contributed by atoms with Gasteiger partial charge in [0.2, 0.25) is 0 Å². The highest BCUT2D eigenvalue weighted by atomic mass is 32.2. The number of thioether (sulfide) groups is 1. The van der Waals surface area contributed by atoms with Gasteiger partial charge in [0.05, 0.1) is 13.7 Å². The maximum atomic E-state index is 11.7. The summed E-state index contributed by atoms with van der Waals surface area (Å²) in [6.07, 6.45) is 0. The van der Waals surface area contributed by atoms with E-state index in [1.165, 1.54) is 7.11 Å². The first kappa shape index (κ1) is 13.7. The van der Waals surface area contributed by atoms with E-state index < -0.39 is 0 Å². The van der Waals surface area contributed by atoms with Crippen molar-refractivity contribution in [3.05, 3.63) is 17.7 Å². The molecular formula is C12H17NO3S. The molecule has 1 aromatic rings. The molecule has 4 nitrogen and oxygen atoms in total. The molecule has 0 amide bonds. The molecule has 0 unspecified atom stereocenters. The number of esters is 1. The Morgan fingerprint density at radius 3 is 2.65 bits per heavy atom. The number of carbonyl (C=O) groups excluding carboxylic acids is 1. The molecule has 0 aliphatic heterocycles. The zero-order valence-electron chi connectivity index (χ0n) is 10.3. The molecule has 0 bridgehead atoms. The third-order valence-corrected chi connectivity index (χ3v) is 3.08. The van der Waals surface area contributed by atoms with E-state index in [2.05, 4.69) is 0 Å². The highest BCUT2D eigenvalue weighted by Crippen LogP contribution is 2.32. The van der Waals surface area contributed by atoms with E-state index in [1.54, 1.807) is 30.8 Å². The Hall–Kier alpha value is -1.36. The number of carbonyl (C=O) groups is 1. The Bertz CT molecular complexity index is 407. The SMILES string of the molecule is CCOC(=O)c1cc(SCC)c(N)cc1OC. The minimum Gasteiger partial charge on any atom is -0.496 e. The van der Waals surface area contributed by atoms with Crippen molar-refractivity contribution < 1.29 is 14.3 Å². The number of ether oxygens (including phenoxy) is 2. The van der Waals surface area contributed by atoms with Gasteiger partial charge in [-0.1, -0.05) is 6.92 Å². The normalized spacial score (nSPS) is 10.1. The number of rotatable bonds is 5. The van der Waals surface area contributed by atoms with E-state index in [-0.39, 0.29) is 5.97 Å². The zero-order valence-corrected chi connectivity index (χ0v) is 11.1. The number of benzene rings is 1. The first-order chi connectivity index (χ1) is 8.13. The smallest absolute Gasteiger partial charge is 0.341 e. The van der Waals surface area contributed by atoms with Crippen molar-refractivity contribution >= 4 is 23.4 Å². The van der Waals surface area contributed by atoms with E-state index in [4.69, 9.17) is 15.2 Å². The molecule has 5 heteroatoms. The van der Waals surface area contributed by atoms with Crippen LogP contribution in [0.25, 0.3) is 0 Å². The van der Waals surface area contributed by atoms with Crippen LogP contribution in [0.3, 0.4) is 0 Å². The number of methoxy groups -OCH3 is 1. The lowest BCUT2D eigenvalue weighted by atomic mass is 10.2. The van der Waals surface area contributed by atoms with Gasteiger partial charge in [0, 0.05) is 16.6 Å². The van der Waals surface area contributed by atoms with Gasteiger partial charge in [-0.15, -0.1) is 11.8 Å². The number of nitrogens with two attached hydrogens (primary N) is 1. The second-order valence-corrected chi connectivity index (χ2v) is 4.55. The van der Waals surface area contributed by atoms with Gasteiger partial charge in [-0.25, -0.2) is 4.79 Å². The average molecular weight is 255 g/mol. The second kappa shape index (κ2) is 6.39. The Morgan fingerprint density at radius 2 is 2.12 bits per heavy atom. The summed E-state index contributed by atoms with van der Waals surface area (Å²) in [6.45, 7) is 4.13. The van der Waals surface area contributed by atoms with Crippen LogP contribution in [0, 0.1) is 0 Å². The van der Waals surface area contributed by atoms with Crippen LogP contribution in [0.4, 0.5) is 5.69 Å². The molecule has 0 aliphatic rings. The van der Waals surface area contributed by atoms with Gasteiger partial charge in [-0.05, 0) is 18.7 Å². The molecule has 0 heterocycles. The van der Waals surface area contributed by atoms with E-state index >= 15 is 0 Å². The lowest BCUT2D eigenvalue weighted by Gasteiger charge is -2.11. The van der Waals surface area contributed by atoms with Gasteiger partial charge >= 0.3 is 5.97 Å². The van der Waals surface area contributed by atoms with Crippen LogP contribution in [0.1, 0.15) is 24.2 Å². The first-order valence-corrected chi connectivity index (χ1v) is 6.40. The van der Waals surface area contributed by atoms with Crippen molar-refractivity contribution in [1.82, 2.24) is 0 Å². The Morgan fingerprint density at radius 1 is 1.41 bits per heavy atom. The highest BCUT2D eigenvalue weighted by molar-refractivity contribution is 7.99. The number of hydrogen-bond donors (Lipinski definition) is 1. The average Bonchev–Trinajstić information content (AvgIpc) is 2.31. The van der Waals surface area contributed by atoms with Crippen LogP contribution in [-0.2, 0) is 4.74 Å². The largest absolute Gasteiger partial charge is 0.496 e. The van der Waals surface area contributed by atoms with Crippen LogP contribution in [-0.4, -0.2) is 25.4 Å². The Kier molecular flexibility index (Phi) is 5.15. The van der Waals surface area contributed by atoms with Crippen LogP contribution in [0.2, 0.25) is 0 Å². The highest BCUT2D eigenvalue weighted by Gasteiger charge is 2.16. The molecule has 0 radical (unpaired) electrons. The summed E-state index contributed by atoms with van der Waals surface area (Å²) in [6, 6.07) is 3.38. The summed E-state index contributed by atoms with van der Waals surface area (Å²) < 4.78 is 10.1. The molecule has 0 aliphatic carbocycles. The summed E-state index contributed by atoms with van der Waals surface area (Å²) in [7, 11) is 1.50. The van der Waals surface area contributed by atoms with E-state index in [0.717, 1.165) is 10.6 Å². The molecule has 1 aromatic carbocycles. The molecule has 0 fully saturated rings. The second-order valence-electron chi connectivity index (χ2n) is 3.24. The lowest BCUT2D eigenvalue weighted by Crippen LogP contribution is -2.08. The van der Waals surface area contributed by atoms with Gasteiger partial charge < -0.3 is 15.2 Å². The fourth-order valence-electron chi connectivity index (χ4n) is 1.39. The molecule has 0 saturated heterocycles. The van der Waals surface area contributed by atoms with Crippen molar-refractivity contribution in [3.63, 3.8) is 0 Å². The standard InChI is InChI=1S/C12H17NO3S/c1-4-16-12(14)8-6-11(17-5-2)9(13)7-10(8)15-3/h6-7H,4-5,13H2,1-3H3. The minimum absolute atomic E-state index is 0.336. The molecule has 0 saturated carbocycles. The molecule has 17 heavy (non-hydrogen) atoms. The first-order valence-electron chi connectivity index (χ1n) is 5.41. The van der Waals surface area contributed by atoms with E-state index in [9.17, 15) is 4.79 Å². The van der Waals surface area contributed by atoms with E-state index in [0.29, 0.717) is 23.6 Å². The molecule has 94 valence electrons. The number of anilines is 1. The van der Waals surface area contributed by atoms with Crippen molar-refractivity contribution in [2.24, 2.45) is 0 Å². The molecule has 1 rings (SSSR count). The Labute approximate surface area is 105 Å². The van der Waals surface area contributed by atoms with Crippen molar-refractivity contribution in [3.8, 4) is 5.75 Å². The fraction of sp³-hybridized carbons (Fsp3) is 0.417. The van der Waals surface area contributed by atoms with Crippen LogP contribution < -0.4 is 10.5 Å². The lowest BCUT2D eigenvalue weighted by molar-refractivity contribution is 0.0522. The van der Waals surface area contributed by atoms with Crippen molar-refractivity contribution in [2.45, 2.75) is 18.7 Å². The van der Waals surface area contributed by atoms with Crippen LogP contribution in [0.15, 0.2) is 17.0 Å². The molecular weight excluding hydrogens is 238 g/mol. The zero-order chi connectivity index (χ0) is 12.8. The monoisotopic (exact) mass is 255 g/mol. The number of hydrogen-bond acceptors (Lipinski definition) is 5. The van der Waals surface area contributed by atoms with Crippen molar-refractivity contribution in [1.29, 1.82) is 0 Å². The summed E-state index contributed by atoms with van der Waals surface area (Å²) in [5, 5.41) is 0. The fourth-order valence-corrected chi connectivity index (χ4v) is 2.13. The van der Waals surface area contributed by atoms with Gasteiger partial charge in [0.1, 0.15) is 11.3 Å². The molecule has 2 N–H and O–H groups in total. The molecule has 0 atom stereocenters. The third kappa shape index (κ3) is 3.30. The summed E-state index contributed by atoms with van der Waals surface area (Å²) in [5.74, 6) is 0.947. The predicted molar refractivity (Wildman–Crippen MR) is 69.8 cm³/mol. The van der Waals surface area contributed by atoms with Gasteiger partial charge in [-0.3, -0.25) is 0 Å².